The summed E-state index contributed by atoms with van der Waals surface area (Å²) < 4.78 is 0. The van der Waals surface area contributed by atoms with Gasteiger partial charge in [-0.3, -0.25) is 9.59 Å². The van der Waals surface area contributed by atoms with E-state index < -0.39 is 0 Å². The van der Waals surface area contributed by atoms with Crippen molar-refractivity contribution in [3.05, 3.63) is 122 Å². The predicted molar refractivity (Wildman–Crippen MR) is 162 cm³/mol. The molecule has 2 aromatic heterocycles. The number of hydrogen-bond donors (Lipinski definition) is 2. The lowest BCUT2D eigenvalue weighted by atomic mass is 10.0. The largest absolute Gasteiger partial charge is 0.398 e. The number of hydrogen-bond acceptors (Lipinski definition) is 8. The van der Waals surface area contributed by atoms with Crippen molar-refractivity contribution in [2.75, 3.05) is 11.1 Å². The van der Waals surface area contributed by atoms with E-state index in [0.717, 1.165) is 59.1 Å². The highest BCUT2D eigenvalue weighted by Crippen LogP contribution is 2.40. The summed E-state index contributed by atoms with van der Waals surface area (Å²) in [5.74, 6) is 1.90. The third-order valence-electron chi connectivity index (χ3n) is 6.26. The van der Waals surface area contributed by atoms with Gasteiger partial charge in [-0.1, -0.05) is 30.3 Å². The van der Waals surface area contributed by atoms with E-state index in [0.29, 0.717) is 11.3 Å². The highest BCUT2D eigenvalue weighted by atomic mass is 32.2. The van der Waals surface area contributed by atoms with Gasteiger partial charge in [0.2, 0.25) is 11.6 Å². The second-order valence-corrected chi connectivity index (χ2v) is 12.5. The van der Waals surface area contributed by atoms with Crippen LogP contribution in [0.3, 0.4) is 0 Å². The summed E-state index contributed by atoms with van der Waals surface area (Å²) in [6.45, 7) is 0. The van der Waals surface area contributed by atoms with Crippen LogP contribution in [-0.2, 0) is 11.5 Å². The molecule has 0 amide bonds. The van der Waals surface area contributed by atoms with Crippen LogP contribution in [0.1, 0.15) is 41.6 Å². The number of nitrogens with two attached hydrogens (primary N) is 1. The van der Waals surface area contributed by atoms with Crippen LogP contribution < -0.4 is 11.1 Å². The Morgan fingerprint density at radius 3 is 1.87 bits per heavy atom. The number of thioether (sulfide) groups is 2. The highest BCUT2D eigenvalue weighted by molar-refractivity contribution is 7.99. The smallest absolute Gasteiger partial charge is 0.206 e. The Bertz CT molecular complexity index is 1660. The molecular weight excluding hydrogens is 549 g/mol. The van der Waals surface area contributed by atoms with Gasteiger partial charge in [0.25, 0.3) is 0 Å². The third kappa shape index (κ3) is 4.80. The molecule has 4 heterocycles. The molecule has 0 radical (unpaired) electrons. The van der Waals surface area contributed by atoms with Gasteiger partial charge >= 0.3 is 0 Å². The zero-order valence-corrected chi connectivity index (χ0v) is 23.4. The highest BCUT2D eigenvalue weighted by Gasteiger charge is 2.26. The van der Waals surface area contributed by atoms with E-state index in [-0.39, 0.29) is 11.6 Å². The normalized spacial score (nSPS) is 13.6. The number of nitrogens with one attached hydrogen (secondary N) is 1. The molecule has 7 rings (SSSR count). The molecule has 0 saturated carbocycles. The van der Waals surface area contributed by atoms with E-state index in [1.165, 1.54) is 22.7 Å². The van der Waals surface area contributed by atoms with E-state index in [1.54, 1.807) is 29.6 Å². The average Bonchev–Trinajstić information content (AvgIpc) is 3.55. The van der Waals surface area contributed by atoms with Crippen LogP contribution in [-0.4, -0.2) is 11.6 Å². The van der Waals surface area contributed by atoms with Crippen LogP contribution in [0.25, 0.3) is 0 Å². The molecule has 5 aromatic rings. The maximum absolute atomic E-state index is 13.0. The van der Waals surface area contributed by atoms with Crippen LogP contribution in [0, 0.1) is 0 Å². The number of para-hydroxylation sites is 1. The first-order valence-corrected chi connectivity index (χ1v) is 15.6. The summed E-state index contributed by atoms with van der Waals surface area (Å²) in [6, 6.07) is 25.7. The van der Waals surface area contributed by atoms with Crippen molar-refractivity contribution in [1.29, 1.82) is 0 Å². The summed E-state index contributed by atoms with van der Waals surface area (Å²) in [7, 11) is 0. The zero-order chi connectivity index (χ0) is 26.1. The van der Waals surface area contributed by atoms with Crippen LogP contribution in [0.2, 0.25) is 0 Å². The Balaban J connectivity index is 0.000000146. The molecule has 0 fully saturated rings. The quantitative estimate of drug-likeness (QED) is 0.207. The van der Waals surface area contributed by atoms with Gasteiger partial charge in [0.05, 0.1) is 26.6 Å². The second kappa shape index (κ2) is 10.8. The molecule has 2 aliphatic heterocycles. The van der Waals surface area contributed by atoms with Crippen molar-refractivity contribution in [3.8, 4) is 0 Å². The minimum Gasteiger partial charge on any atom is -0.398 e. The van der Waals surface area contributed by atoms with Gasteiger partial charge < -0.3 is 11.1 Å². The Labute approximate surface area is 237 Å². The summed E-state index contributed by atoms with van der Waals surface area (Å²) in [6.07, 6.45) is 0. The Morgan fingerprint density at radius 1 is 0.632 bits per heavy atom. The molecule has 38 heavy (non-hydrogen) atoms. The monoisotopic (exact) mass is 570 g/mol. The van der Waals surface area contributed by atoms with Gasteiger partial charge in [-0.2, -0.15) is 0 Å². The fourth-order valence-corrected chi connectivity index (χ4v) is 8.49. The number of carbonyl (C=O) groups excluding carboxylic acids is 2. The number of fused-ring (bicyclic) bond motifs is 4. The molecule has 8 heteroatoms. The lowest BCUT2D eigenvalue weighted by Gasteiger charge is -2.13. The molecule has 0 atom stereocenters. The van der Waals surface area contributed by atoms with Crippen molar-refractivity contribution >= 4 is 74.8 Å². The van der Waals surface area contributed by atoms with Crippen LogP contribution in [0.5, 0.6) is 0 Å². The second-order valence-electron chi connectivity index (χ2n) is 8.68. The van der Waals surface area contributed by atoms with Gasteiger partial charge in [-0.05, 0) is 70.4 Å². The SMILES string of the molecule is Nc1cccc2c1C(=O)c1sccc1CS2.O=C1c2sccc2CSc2cccc(Nc3ccccc3)c21. The maximum atomic E-state index is 13.0. The summed E-state index contributed by atoms with van der Waals surface area (Å²) in [4.78, 5) is 29.0. The van der Waals surface area contributed by atoms with Gasteiger partial charge in [-0.15, -0.1) is 46.2 Å². The first kappa shape index (κ1) is 25.0. The van der Waals surface area contributed by atoms with E-state index >= 15 is 0 Å². The average molecular weight is 571 g/mol. The molecular formula is C30H22N2O2S4. The fraction of sp³-hybridized carbons (Fsp3) is 0.0667. The summed E-state index contributed by atoms with van der Waals surface area (Å²) >= 11 is 6.45. The zero-order valence-electron chi connectivity index (χ0n) is 20.1. The third-order valence-corrected chi connectivity index (χ3v) is 10.4. The number of carbonyl (C=O) groups is 2. The van der Waals surface area contributed by atoms with Crippen LogP contribution >= 0.6 is 46.2 Å². The van der Waals surface area contributed by atoms with E-state index in [4.69, 9.17) is 5.73 Å². The van der Waals surface area contributed by atoms with Crippen LogP contribution in [0.4, 0.5) is 17.1 Å². The lowest BCUT2D eigenvalue weighted by Crippen LogP contribution is -2.05. The van der Waals surface area contributed by atoms with Gasteiger partial charge in [0, 0.05) is 32.7 Å². The van der Waals surface area contributed by atoms with Gasteiger partial charge in [0.15, 0.2) is 0 Å². The molecule has 3 N–H and O–H groups in total. The number of nitrogen functional groups attached to an aromatic ring is 1. The van der Waals surface area contributed by atoms with E-state index in [1.807, 2.05) is 77.5 Å². The molecule has 188 valence electrons. The van der Waals surface area contributed by atoms with Gasteiger partial charge in [-0.25, -0.2) is 0 Å². The number of thiophene rings is 2. The summed E-state index contributed by atoms with van der Waals surface area (Å²) in [5.41, 5.74) is 12.1. The molecule has 0 spiro atoms. The van der Waals surface area contributed by atoms with Crippen LogP contribution in [0.15, 0.2) is 99.4 Å². The Hall–Kier alpha value is -3.30. The van der Waals surface area contributed by atoms with Crippen molar-refractivity contribution in [2.45, 2.75) is 21.3 Å². The Kier molecular flexibility index (Phi) is 7.12. The molecule has 2 aliphatic rings. The number of benzene rings is 3. The van der Waals surface area contributed by atoms with Crippen molar-refractivity contribution in [3.63, 3.8) is 0 Å². The topological polar surface area (TPSA) is 72.2 Å². The van der Waals surface area contributed by atoms with E-state index in [9.17, 15) is 9.59 Å². The lowest BCUT2D eigenvalue weighted by molar-refractivity contribution is 0.103. The van der Waals surface area contributed by atoms with Crippen molar-refractivity contribution in [2.24, 2.45) is 0 Å². The first-order valence-electron chi connectivity index (χ1n) is 11.9. The minimum atomic E-state index is 0.0723. The minimum absolute atomic E-state index is 0.0723. The molecule has 3 aromatic carbocycles. The first-order chi connectivity index (χ1) is 18.6. The molecule has 0 aliphatic carbocycles. The number of rotatable bonds is 2. The summed E-state index contributed by atoms with van der Waals surface area (Å²) in [5, 5.41) is 7.35. The van der Waals surface area contributed by atoms with Crippen molar-refractivity contribution in [1.82, 2.24) is 0 Å². The maximum Gasteiger partial charge on any atom is 0.206 e. The number of ketones is 2. The molecule has 4 nitrogen and oxygen atoms in total. The standard InChI is InChI=1S/C18H13NOS2.C12H9NOS2/c20-17-16-14(19-13-5-2-1-3-6-13)7-4-8-15(16)22-11-12-9-10-21-18(12)17;13-8-2-1-3-9-10(8)11(14)12-7(6-16-9)4-5-15-12/h1-10,19H,11H2;1-5H,6,13H2. The molecule has 0 bridgehead atoms. The molecule has 0 unspecified atom stereocenters. The van der Waals surface area contributed by atoms with Crippen molar-refractivity contribution < 1.29 is 9.59 Å². The van der Waals surface area contributed by atoms with Gasteiger partial charge in [0.1, 0.15) is 0 Å². The Morgan fingerprint density at radius 2 is 1.21 bits per heavy atom. The molecule has 0 saturated heterocycles. The fourth-order valence-electron chi connectivity index (χ4n) is 4.41. The van der Waals surface area contributed by atoms with E-state index in [2.05, 4.69) is 11.4 Å². The number of anilines is 3. The predicted octanol–water partition coefficient (Wildman–Crippen LogP) is 8.50.